The highest BCUT2D eigenvalue weighted by atomic mass is 19.4. The zero-order valence-corrected chi connectivity index (χ0v) is 12.3. The predicted molar refractivity (Wildman–Crippen MR) is 81.3 cm³/mol. The second kappa shape index (κ2) is 5.11. The molecule has 1 atom stereocenters. The lowest BCUT2D eigenvalue weighted by Gasteiger charge is -2.40. The summed E-state index contributed by atoms with van der Waals surface area (Å²) in [6.45, 7) is 1.95. The monoisotopic (exact) mass is 320 g/mol. The molecule has 0 aliphatic carbocycles. The van der Waals surface area contributed by atoms with E-state index in [1.807, 2.05) is 6.07 Å². The first-order chi connectivity index (χ1) is 11.0. The normalized spacial score (nSPS) is 20.0. The molecule has 2 aromatic rings. The van der Waals surface area contributed by atoms with Crippen molar-refractivity contribution >= 4 is 11.5 Å². The third kappa shape index (κ3) is 2.60. The lowest BCUT2D eigenvalue weighted by Crippen LogP contribution is -2.46. The first kappa shape index (κ1) is 14.3. The molecule has 0 radical (unpaired) electrons. The summed E-state index contributed by atoms with van der Waals surface area (Å²) in [7, 11) is 0. The molecular weight excluding hydrogens is 305 g/mol. The molecule has 7 heteroatoms. The zero-order chi connectivity index (χ0) is 16.0. The van der Waals surface area contributed by atoms with Crippen molar-refractivity contribution in [2.24, 2.45) is 0 Å². The Morgan fingerprint density at radius 2 is 2.09 bits per heavy atom. The van der Waals surface area contributed by atoms with Crippen LogP contribution in [0, 0.1) is 0 Å². The van der Waals surface area contributed by atoms with Gasteiger partial charge in [0.05, 0.1) is 16.9 Å². The number of anilines is 2. The van der Waals surface area contributed by atoms with Crippen molar-refractivity contribution in [1.29, 1.82) is 0 Å². The number of rotatable bonds is 1. The Labute approximate surface area is 131 Å². The maximum Gasteiger partial charge on any atom is 0.417 e. The standard InChI is InChI=1S/C16H15F3N4/c17-16(18,19)11-6-10(7-20-8-11)13-3-4-14-15(22-13)21-12-2-1-5-23(14)9-12/h3-4,6-8,12H,1-2,5,9H2,(H,21,22)/t12-/m1/s1. The summed E-state index contributed by atoms with van der Waals surface area (Å²) < 4.78 is 38.5. The second-order valence-electron chi connectivity index (χ2n) is 5.95. The third-order valence-corrected chi connectivity index (χ3v) is 4.34. The van der Waals surface area contributed by atoms with Crippen LogP contribution in [0.15, 0.2) is 30.6 Å². The van der Waals surface area contributed by atoms with Crippen LogP contribution in [-0.4, -0.2) is 29.1 Å². The SMILES string of the molecule is FC(F)(F)c1cncc(-c2ccc3c(n2)N[C@@H]2CCCN3C2)c1. The van der Waals surface area contributed by atoms with Gasteiger partial charge in [-0.25, -0.2) is 4.98 Å². The van der Waals surface area contributed by atoms with Gasteiger partial charge in [-0.2, -0.15) is 13.2 Å². The van der Waals surface area contributed by atoms with Crippen molar-refractivity contribution in [3.63, 3.8) is 0 Å². The summed E-state index contributed by atoms with van der Waals surface area (Å²) in [4.78, 5) is 10.5. The average molecular weight is 320 g/mol. The zero-order valence-electron chi connectivity index (χ0n) is 12.3. The molecule has 4 heterocycles. The van der Waals surface area contributed by atoms with Crippen LogP contribution >= 0.6 is 0 Å². The molecule has 4 nitrogen and oxygen atoms in total. The number of nitrogens with one attached hydrogen (secondary N) is 1. The summed E-state index contributed by atoms with van der Waals surface area (Å²) in [5.74, 6) is 0.746. The Balaban J connectivity index is 1.73. The number of halogens is 3. The number of nitrogens with zero attached hydrogens (tertiary/aromatic N) is 3. The summed E-state index contributed by atoms with van der Waals surface area (Å²) in [6, 6.07) is 5.13. The number of hydrogen-bond acceptors (Lipinski definition) is 4. The molecule has 23 heavy (non-hydrogen) atoms. The summed E-state index contributed by atoms with van der Waals surface area (Å²) in [5, 5.41) is 3.39. The Morgan fingerprint density at radius 3 is 2.91 bits per heavy atom. The third-order valence-electron chi connectivity index (χ3n) is 4.34. The van der Waals surface area contributed by atoms with Gasteiger partial charge in [0.2, 0.25) is 0 Å². The molecule has 2 aromatic heterocycles. The average Bonchev–Trinajstić information content (AvgIpc) is 2.54. The molecule has 2 bridgehead atoms. The van der Waals surface area contributed by atoms with E-state index < -0.39 is 11.7 Å². The first-order valence-electron chi connectivity index (χ1n) is 7.56. The molecule has 120 valence electrons. The van der Waals surface area contributed by atoms with Crippen LogP contribution in [0.4, 0.5) is 24.7 Å². The Kier molecular flexibility index (Phi) is 3.18. The Hall–Kier alpha value is -2.31. The fourth-order valence-corrected chi connectivity index (χ4v) is 3.22. The van der Waals surface area contributed by atoms with Crippen LogP contribution in [0.5, 0.6) is 0 Å². The van der Waals surface area contributed by atoms with E-state index in [2.05, 4.69) is 20.2 Å². The van der Waals surface area contributed by atoms with Crippen molar-refractivity contribution in [2.45, 2.75) is 25.1 Å². The molecule has 1 N–H and O–H groups in total. The largest absolute Gasteiger partial charge is 0.417 e. The molecule has 0 spiro atoms. The molecule has 2 aliphatic rings. The fraction of sp³-hybridized carbons (Fsp3) is 0.375. The Bertz CT molecular complexity index is 744. The second-order valence-corrected chi connectivity index (χ2v) is 5.95. The van der Waals surface area contributed by atoms with E-state index in [1.54, 1.807) is 6.07 Å². The van der Waals surface area contributed by atoms with Gasteiger partial charge < -0.3 is 10.2 Å². The highest BCUT2D eigenvalue weighted by molar-refractivity contribution is 5.74. The number of pyridine rings is 2. The van der Waals surface area contributed by atoms with E-state index >= 15 is 0 Å². The van der Waals surface area contributed by atoms with Crippen molar-refractivity contribution in [3.8, 4) is 11.3 Å². The van der Waals surface area contributed by atoms with Gasteiger partial charge >= 0.3 is 6.18 Å². The van der Waals surface area contributed by atoms with Gasteiger partial charge in [0.25, 0.3) is 0 Å². The minimum atomic E-state index is -4.40. The maximum absolute atomic E-state index is 12.8. The molecule has 1 fully saturated rings. The highest BCUT2D eigenvalue weighted by Crippen LogP contribution is 2.36. The van der Waals surface area contributed by atoms with Gasteiger partial charge in [0.15, 0.2) is 5.82 Å². The van der Waals surface area contributed by atoms with Crippen LogP contribution in [0.1, 0.15) is 18.4 Å². The number of piperidine rings is 1. The van der Waals surface area contributed by atoms with E-state index in [-0.39, 0.29) is 0 Å². The quantitative estimate of drug-likeness (QED) is 0.872. The molecule has 0 aromatic carbocycles. The number of fused-ring (bicyclic) bond motifs is 4. The van der Waals surface area contributed by atoms with Crippen molar-refractivity contribution in [1.82, 2.24) is 9.97 Å². The van der Waals surface area contributed by atoms with Crippen LogP contribution in [-0.2, 0) is 6.18 Å². The van der Waals surface area contributed by atoms with Crippen molar-refractivity contribution < 1.29 is 13.2 Å². The summed E-state index contributed by atoms with van der Waals surface area (Å²) in [5.41, 5.74) is 1.12. The van der Waals surface area contributed by atoms with Crippen molar-refractivity contribution in [2.75, 3.05) is 23.3 Å². The molecule has 0 unspecified atom stereocenters. The molecule has 1 saturated heterocycles. The summed E-state index contributed by atoms with van der Waals surface area (Å²) in [6.07, 6.45) is 0.0612. The van der Waals surface area contributed by atoms with Gasteiger partial charge in [0.1, 0.15) is 0 Å². The van der Waals surface area contributed by atoms with E-state index in [0.29, 0.717) is 17.3 Å². The van der Waals surface area contributed by atoms with Crippen LogP contribution in [0.3, 0.4) is 0 Å². The minimum absolute atomic E-state index is 0.360. The van der Waals surface area contributed by atoms with Crippen molar-refractivity contribution in [3.05, 3.63) is 36.2 Å². The molecule has 0 amide bonds. The topological polar surface area (TPSA) is 41.1 Å². The Morgan fingerprint density at radius 1 is 1.22 bits per heavy atom. The number of aromatic nitrogens is 2. The highest BCUT2D eigenvalue weighted by Gasteiger charge is 2.32. The minimum Gasteiger partial charge on any atom is -0.366 e. The smallest absolute Gasteiger partial charge is 0.366 e. The lowest BCUT2D eigenvalue weighted by molar-refractivity contribution is -0.137. The maximum atomic E-state index is 12.8. The molecular formula is C16H15F3N4. The van der Waals surface area contributed by atoms with E-state index in [4.69, 9.17) is 0 Å². The molecule has 4 rings (SSSR count). The van der Waals surface area contributed by atoms with E-state index in [9.17, 15) is 13.2 Å². The fourth-order valence-electron chi connectivity index (χ4n) is 3.22. The van der Waals surface area contributed by atoms with Gasteiger partial charge in [0, 0.05) is 37.1 Å². The van der Waals surface area contributed by atoms with E-state index in [1.165, 1.54) is 6.20 Å². The number of alkyl halides is 3. The molecule has 2 aliphatic heterocycles. The number of hydrogen-bond donors (Lipinski definition) is 1. The lowest BCUT2D eigenvalue weighted by atomic mass is 10.0. The first-order valence-corrected chi connectivity index (χ1v) is 7.56. The van der Waals surface area contributed by atoms with Crippen LogP contribution < -0.4 is 10.2 Å². The summed E-state index contributed by atoms with van der Waals surface area (Å²) >= 11 is 0. The predicted octanol–water partition coefficient (Wildman–Crippen LogP) is 3.56. The van der Waals surface area contributed by atoms with Gasteiger partial charge in [-0.05, 0) is 31.0 Å². The van der Waals surface area contributed by atoms with Gasteiger partial charge in [-0.15, -0.1) is 0 Å². The van der Waals surface area contributed by atoms with E-state index in [0.717, 1.165) is 49.7 Å². The van der Waals surface area contributed by atoms with Gasteiger partial charge in [-0.1, -0.05) is 0 Å². The van der Waals surface area contributed by atoms with Crippen LogP contribution in [0.2, 0.25) is 0 Å². The van der Waals surface area contributed by atoms with Crippen LogP contribution in [0.25, 0.3) is 11.3 Å². The molecule has 0 saturated carbocycles. The van der Waals surface area contributed by atoms with Gasteiger partial charge in [-0.3, -0.25) is 4.98 Å².